The lowest BCUT2D eigenvalue weighted by Gasteiger charge is -2.33. The van der Waals surface area contributed by atoms with Crippen molar-refractivity contribution in [1.29, 1.82) is 0 Å². The summed E-state index contributed by atoms with van der Waals surface area (Å²) >= 11 is 0. The molecule has 10 nitrogen and oxygen atoms in total. The zero-order chi connectivity index (χ0) is 21.3. The molecule has 0 spiro atoms. The summed E-state index contributed by atoms with van der Waals surface area (Å²) in [5.41, 5.74) is -0.0431. The summed E-state index contributed by atoms with van der Waals surface area (Å²) in [4.78, 5) is 25.9. The van der Waals surface area contributed by atoms with Gasteiger partial charge in [-0.1, -0.05) is 5.21 Å². The predicted octanol–water partition coefficient (Wildman–Crippen LogP) is 1.32. The van der Waals surface area contributed by atoms with Crippen LogP contribution in [-0.4, -0.2) is 64.9 Å². The third-order valence-corrected chi connectivity index (χ3v) is 5.30. The summed E-state index contributed by atoms with van der Waals surface area (Å²) in [6.45, 7) is 2.46. The molecular formula is C18H21F2N7O3. The van der Waals surface area contributed by atoms with Crippen LogP contribution in [0.2, 0.25) is 0 Å². The summed E-state index contributed by atoms with van der Waals surface area (Å²) in [7, 11) is 0. The maximum Gasteiger partial charge on any atom is 0.414 e. The molecular weight excluding hydrogens is 400 g/mol. The van der Waals surface area contributed by atoms with Gasteiger partial charge in [0.25, 0.3) is 0 Å². The normalized spacial score (nSPS) is 19.8. The Morgan fingerprint density at radius 1 is 1.30 bits per heavy atom. The number of anilines is 2. The Kier molecular flexibility index (Phi) is 5.46. The number of carbonyl (C=O) groups is 2. The summed E-state index contributed by atoms with van der Waals surface area (Å²) < 4.78 is 34.8. The molecule has 12 heteroatoms. The van der Waals surface area contributed by atoms with Gasteiger partial charge in [0.05, 0.1) is 18.8 Å². The molecule has 2 aliphatic rings. The summed E-state index contributed by atoms with van der Waals surface area (Å²) in [6.07, 6.45) is -0.0124. The molecule has 1 aromatic carbocycles. The third kappa shape index (κ3) is 4.02. The van der Waals surface area contributed by atoms with Crippen molar-refractivity contribution in [3.05, 3.63) is 29.6 Å². The van der Waals surface area contributed by atoms with Crippen LogP contribution in [0.15, 0.2) is 12.1 Å². The van der Waals surface area contributed by atoms with Crippen molar-refractivity contribution >= 4 is 23.4 Å². The molecule has 2 saturated heterocycles. The highest BCUT2D eigenvalue weighted by atomic mass is 19.1. The van der Waals surface area contributed by atoms with Gasteiger partial charge in [0.1, 0.15) is 11.8 Å². The average Bonchev–Trinajstić information content (AvgIpc) is 3.36. The van der Waals surface area contributed by atoms with E-state index in [0.29, 0.717) is 31.8 Å². The van der Waals surface area contributed by atoms with Crippen molar-refractivity contribution in [2.24, 2.45) is 0 Å². The van der Waals surface area contributed by atoms with Crippen LogP contribution in [0.1, 0.15) is 31.5 Å². The second-order valence-corrected chi connectivity index (χ2v) is 7.34. The number of ether oxygens (including phenoxy) is 1. The zero-order valence-electron chi connectivity index (χ0n) is 16.3. The van der Waals surface area contributed by atoms with Crippen molar-refractivity contribution in [2.45, 2.75) is 31.8 Å². The topological polar surface area (TPSA) is 116 Å². The molecule has 4 rings (SSSR count). The van der Waals surface area contributed by atoms with Crippen LogP contribution >= 0.6 is 0 Å². The van der Waals surface area contributed by atoms with Gasteiger partial charge in [-0.05, 0) is 12.8 Å². The first-order valence-corrected chi connectivity index (χ1v) is 9.62. The van der Waals surface area contributed by atoms with E-state index in [-0.39, 0.29) is 36.3 Å². The number of nitrogens with zero attached hydrogens (tertiary/aromatic N) is 5. The number of aromatic amines is 1. The SMILES string of the molecule is CC(=O)NCC1CN(c2cc(F)c(N3CCC(c4nn[nH]n4)CC3)c(F)c2)C(=O)O1. The lowest BCUT2D eigenvalue weighted by atomic mass is 9.95. The van der Waals surface area contributed by atoms with Crippen LogP contribution in [0.5, 0.6) is 0 Å². The summed E-state index contributed by atoms with van der Waals surface area (Å²) in [6, 6.07) is 2.26. The van der Waals surface area contributed by atoms with Gasteiger partial charge >= 0.3 is 6.09 Å². The van der Waals surface area contributed by atoms with Gasteiger partial charge in [-0.25, -0.2) is 13.6 Å². The number of rotatable bonds is 5. The Morgan fingerprint density at radius 3 is 2.60 bits per heavy atom. The largest absolute Gasteiger partial charge is 0.442 e. The number of amides is 2. The Balaban J connectivity index is 1.45. The smallest absolute Gasteiger partial charge is 0.414 e. The molecule has 0 saturated carbocycles. The second-order valence-electron chi connectivity index (χ2n) is 7.34. The highest BCUT2D eigenvalue weighted by Gasteiger charge is 2.34. The van der Waals surface area contributed by atoms with Crippen molar-refractivity contribution in [3.63, 3.8) is 0 Å². The van der Waals surface area contributed by atoms with E-state index in [9.17, 15) is 18.4 Å². The quantitative estimate of drug-likeness (QED) is 0.748. The number of hydrogen-bond donors (Lipinski definition) is 2. The lowest BCUT2D eigenvalue weighted by Crippen LogP contribution is -2.35. The number of tetrazole rings is 1. The maximum atomic E-state index is 14.8. The minimum Gasteiger partial charge on any atom is -0.442 e. The molecule has 1 atom stereocenters. The molecule has 30 heavy (non-hydrogen) atoms. The molecule has 2 aliphatic heterocycles. The van der Waals surface area contributed by atoms with Gasteiger partial charge in [-0.15, -0.1) is 10.2 Å². The number of nitrogens with one attached hydrogen (secondary N) is 2. The fourth-order valence-electron chi connectivity index (χ4n) is 3.81. The van der Waals surface area contributed by atoms with Gasteiger partial charge in [-0.2, -0.15) is 5.21 Å². The van der Waals surface area contributed by atoms with E-state index in [1.165, 1.54) is 6.92 Å². The molecule has 3 heterocycles. The van der Waals surface area contributed by atoms with Gasteiger partial charge in [0, 0.05) is 38.1 Å². The number of hydrogen-bond acceptors (Lipinski definition) is 7. The molecule has 2 aromatic rings. The van der Waals surface area contributed by atoms with E-state index in [1.54, 1.807) is 4.90 Å². The molecule has 0 bridgehead atoms. The number of carbonyl (C=O) groups excluding carboxylic acids is 2. The third-order valence-electron chi connectivity index (χ3n) is 5.30. The molecule has 2 fully saturated rings. The molecule has 1 aromatic heterocycles. The van der Waals surface area contributed by atoms with Gasteiger partial charge in [0.15, 0.2) is 17.5 Å². The number of benzene rings is 1. The summed E-state index contributed by atoms with van der Waals surface area (Å²) in [5, 5.41) is 16.5. The highest BCUT2D eigenvalue weighted by molar-refractivity contribution is 5.90. The van der Waals surface area contributed by atoms with Crippen molar-refractivity contribution < 1.29 is 23.1 Å². The van der Waals surface area contributed by atoms with Gasteiger partial charge in [-0.3, -0.25) is 9.69 Å². The lowest BCUT2D eigenvalue weighted by molar-refractivity contribution is -0.119. The number of cyclic esters (lactones) is 1. The van der Waals surface area contributed by atoms with Crippen LogP contribution in [0.3, 0.4) is 0 Å². The van der Waals surface area contributed by atoms with Crippen LogP contribution < -0.4 is 15.1 Å². The second kappa shape index (κ2) is 8.20. The number of aromatic nitrogens is 4. The molecule has 2 amide bonds. The maximum absolute atomic E-state index is 14.8. The fraction of sp³-hybridized carbons (Fsp3) is 0.500. The number of H-pyrrole nitrogens is 1. The van der Waals surface area contributed by atoms with Crippen molar-refractivity contribution in [3.8, 4) is 0 Å². The monoisotopic (exact) mass is 421 g/mol. The Bertz CT molecular complexity index is 909. The van der Waals surface area contributed by atoms with Crippen molar-refractivity contribution in [1.82, 2.24) is 25.9 Å². The first kappa shape index (κ1) is 20.0. The van der Waals surface area contributed by atoms with E-state index in [2.05, 4.69) is 25.9 Å². The van der Waals surface area contributed by atoms with E-state index in [0.717, 1.165) is 17.0 Å². The van der Waals surface area contributed by atoms with Gasteiger partial charge < -0.3 is 15.0 Å². The first-order chi connectivity index (χ1) is 14.4. The predicted molar refractivity (Wildman–Crippen MR) is 101 cm³/mol. The van der Waals surface area contributed by atoms with Crippen LogP contribution in [0, 0.1) is 11.6 Å². The number of piperidine rings is 1. The Hall–Kier alpha value is -3.31. The van der Waals surface area contributed by atoms with E-state index >= 15 is 0 Å². The molecule has 160 valence electrons. The first-order valence-electron chi connectivity index (χ1n) is 9.62. The Morgan fingerprint density at radius 2 is 2.00 bits per heavy atom. The van der Waals surface area contributed by atoms with E-state index in [1.807, 2.05) is 0 Å². The fourth-order valence-corrected chi connectivity index (χ4v) is 3.81. The highest BCUT2D eigenvalue weighted by Crippen LogP contribution is 2.34. The Labute approximate surface area is 170 Å². The molecule has 1 unspecified atom stereocenters. The standard InChI is InChI=1S/C18H21F2N7O3/c1-10(28)21-8-13-9-27(18(29)30-13)12-6-14(19)16(15(20)7-12)26-4-2-11(3-5-26)17-22-24-25-23-17/h6-7,11,13H,2-5,8-9H2,1H3,(H,21,28)(H,22,23,24,25). The molecule has 0 radical (unpaired) electrons. The van der Waals surface area contributed by atoms with Crippen LogP contribution in [0.25, 0.3) is 0 Å². The van der Waals surface area contributed by atoms with E-state index in [4.69, 9.17) is 4.74 Å². The van der Waals surface area contributed by atoms with Crippen LogP contribution in [-0.2, 0) is 9.53 Å². The molecule has 0 aliphatic carbocycles. The minimum absolute atomic E-state index is 0.0748. The van der Waals surface area contributed by atoms with Crippen molar-refractivity contribution in [2.75, 3.05) is 36.0 Å². The van der Waals surface area contributed by atoms with E-state index < -0.39 is 23.8 Å². The number of halogens is 2. The minimum atomic E-state index is -0.749. The van der Waals surface area contributed by atoms with Gasteiger partial charge in [0.2, 0.25) is 5.91 Å². The average molecular weight is 421 g/mol. The summed E-state index contributed by atoms with van der Waals surface area (Å²) in [5.74, 6) is -1.06. The zero-order valence-corrected chi connectivity index (χ0v) is 16.3. The molecule has 2 N–H and O–H groups in total. The van der Waals surface area contributed by atoms with Crippen LogP contribution in [0.4, 0.5) is 25.0 Å².